The molecule has 0 unspecified atom stereocenters. The molecule has 0 fully saturated rings. The van der Waals surface area contributed by atoms with E-state index in [1.54, 1.807) is 0 Å². The molecular formula is C11H13N5O2S. The summed E-state index contributed by atoms with van der Waals surface area (Å²) in [6, 6.07) is 2.60. The van der Waals surface area contributed by atoms with Gasteiger partial charge in [0.25, 0.3) is 11.5 Å². The lowest BCUT2D eigenvalue weighted by Gasteiger charge is -1.98. The molecule has 1 amide bonds. The van der Waals surface area contributed by atoms with E-state index in [-0.39, 0.29) is 11.3 Å². The fraction of sp³-hybridized carbons (Fsp3) is 0.364. The van der Waals surface area contributed by atoms with E-state index in [2.05, 4.69) is 32.6 Å². The van der Waals surface area contributed by atoms with Crippen molar-refractivity contribution in [2.75, 3.05) is 5.32 Å². The quantitative estimate of drug-likeness (QED) is 0.857. The van der Waals surface area contributed by atoms with Crippen molar-refractivity contribution >= 4 is 22.4 Å². The third-order valence-electron chi connectivity index (χ3n) is 2.34. The Morgan fingerprint density at radius 1 is 1.42 bits per heavy atom. The van der Waals surface area contributed by atoms with Crippen molar-refractivity contribution in [3.05, 3.63) is 33.2 Å². The van der Waals surface area contributed by atoms with Crippen molar-refractivity contribution in [3.63, 3.8) is 0 Å². The van der Waals surface area contributed by atoms with Gasteiger partial charge in [0.05, 0.1) is 0 Å². The zero-order valence-corrected chi connectivity index (χ0v) is 11.2. The van der Waals surface area contributed by atoms with Gasteiger partial charge in [0.1, 0.15) is 10.7 Å². The zero-order valence-electron chi connectivity index (χ0n) is 10.3. The predicted octanol–water partition coefficient (Wildman–Crippen LogP) is 1.22. The lowest BCUT2D eigenvalue weighted by Crippen LogP contribution is -2.17. The summed E-state index contributed by atoms with van der Waals surface area (Å²) in [6.45, 7) is 2.10. The SMILES string of the molecule is CCCCc1nnc(NC(=O)c2ccc(=O)[nH]n2)s1. The predicted molar refractivity (Wildman–Crippen MR) is 71.3 cm³/mol. The maximum atomic E-state index is 11.8. The average Bonchev–Trinajstić information content (AvgIpc) is 2.84. The van der Waals surface area contributed by atoms with Gasteiger partial charge in [-0.1, -0.05) is 24.7 Å². The molecule has 0 aliphatic carbocycles. The summed E-state index contributed by atoms with van der Waals surface area (Å²) >= 11 is 1.35. The maximum Gasteiger partial charge on any atom is 0.277 e. The highest BCUT2D eigenvalue weighted by atomic mass is 32.1. The number of unbranched alkanes of at least 4 members (excludes halogenated alkanes) is 1. The minimum Gasteiger partial charge on any atom is -0.295 e. The molecule has 0 aromatic carbocycles. The van der Waals surface area contributed by atoms with Crippen LogP contribution in [0.1, 0.15) is 35.3 Å². The number of H-pyrrole nitrogens is 1. The van der Waals surface area contributed by atoms with E-state index in [1.807, 2.05) is 0 Å². The highest BCUT2D eigenvalue weighted by Crippen LogP contribution is 2.17. The first kappa shape index (κ1) is 13.3. The summed E-state index contributed by atoms with van der Waals surface area (Å²) in [5.74, 6) is -0.422. The van der Waals surface area contributed by atoms with Crippen LogP contribution in [0, 0.1) is 0 Å². The first-order valence-corrected chi connectivity index (χ1v) is 6.70. The molecule has 0 radical (unpaired) electrons. The molecule has 7 nitrogen and oxygen atoms in total. The van der Waals surface area contributed by atoms with E-state index in [0.29, 0.717) is 5.13 Å². The normalized spacial score (nSPS) is 10.4. The molecule has 2 N–H and O–H groups in total. The number of nitrogens with zero attached hydrogens (tertiary/aromatic N) is 3. The molecule has 0 aliphatic heterocycles. The molecule has 0 atom stereocenters. The lowest BCUT2D eigenvalue weighted by molar-refractivity contribution is 0.102. The molecule has 2 aromatic rings. The van der Waals surface area contributed by atoms with Crippen LogP contribution < -0.4 is 10.9 Å². The number of aromatic nitrogens is 4. The summed E-state index contributed by atoms with van der Waals surface area (Å²) in [5.41, 5.74) is -0.223. The fourth-order valence-corrected chi connectivity index (χ4v) is 2.14. The second-order valence-corrected chi connectivity index (χ2v) is 4.93. The largest absolute Gasteiger partial charge is 0.295 e. The van der Waals surface area contributed by atoms with Crippen LogP contribution in [0.3, 0.4) is 0 Å². The molecule has 0 aliphatic rings. The third-order valence-corrected chi connectivity index (χ3v) is 3.24. The van der Waals surface area contributed by atoms with Crippen LogP contribution in [0.4, 0.5) is 5.13 Å². The maximum absolute atomic E-state index is 11.8. The highest BCUT2D eigenvalue weighted by molar-refractivity contribution is 7.15. The molecular weight excluding hydrogens is 266 g/mol. The van der Waals surface area contributed by atoms with Crippen LogP contribution in [0.15, 0.2) is 16.9 Å². The van der Waals surface area contributed by atoms with Gasteiger partial charge in [-0.3, -0.25) is 14.9 Å². The summed E-state index contributed by atoms with van der Waals surface area (Å²) < 4.78 is 0. The van der Waals surface area contributed by atoms with Crippen molar-refractivity contribution in [3.8, 4) is 0 Å². The van der Waals surface area contributed by atoms with E-state index >= 15 is 0 Å². The molecule has 0 saturated carbocycles. The Bertz CT molecular complexity index is 601. The number of carbonyl (C=O) groups is 1. The van der Waals surface area contributed by atoms with Crippen LogP contribution in [0.2, 0.25) is 0 Å². The molecule has 100 valence electrons. The molecule has 2 heterocycles. The van der Waals surface area contributed by atoms with Gasteiger partial charge in [-0.15, -0.1) is 10.2 Å². The monoisotopic (exact) mass is 279 g/mol. The number of nitrogens with one attached hydrogen (secondary N) is 2. The number of anilines is 1. The van der Waals surface area contributed by atoms with Gasteiger partial charge in [0.15, 0.2) is 0 Å². The number of hydrogen-bond donors (Lipinski definition) is 2. The number of amides is 1. The van der Waals surface area contributed by atoms with Gasteiger partial charge < -0.3 is 0 Å². The first-order valence-electron chi connectivity index (χ1n) is 5.88. The van der Waals surface area contributed by atoms with E-state index in [0.717, 1.165) is 24.3 Å². The molecule has 0 saturated heterocycles. The number of carbonyl (C=O) groups excluding carboxylic acids is 1. The van der Waals surface area contributed by atoms with Gasteiger partial charge in [-0.25, -0.2) is 5.10 Å². The van der Waals surface area contributed by atoms with E-state index in [9.17, 15) is 9.59 Å². The standard InChI is InChI=1S/C11H13N5O2S/c1-2-3-4-9-15-16-11(19-9)12-10(18)7-5-6-8(17)14-13-7/h5-6H,2-4H2,1H3,(H,14,17)(H,12,16,18). The van der Waals surface area contributed by atoms with E-state index in [1.165, 1.54) is 23.5 Å². The van der Waals surface area contributed by atoms with Gasteiger partial charge in [0.2, 0.25) is 5.13 Å². The number of aromatic amines is 1. The Morgan fingerprint density at radius 2 is 2.26 bits per heavy atom. The second kappa shape index (κ2) is 6.19. The smallest absolute Gasteiger partial charge is 0.277 e. The Kier molecular flexibility index (Phi) is 4.35. The molecule has 8 heteroatoms. The van der Waals surface area contributed by atoms with Crippen molar-refractivity contribution < 1.29 is 4.79 Å². The Labute approximate surface area is 113 Å². The summed E-state index contributed by atoms with van der Waals surface area (Å²) in [7, 11) is 0. The van der Waals surface area contributed by atoms with Crippen molar-refractivity contribution in [2.24, 2.45) is 0 Å². The van der Waals surface area contributed by atoms with Gasteiger partial charge in [0, 0.05) is 12.5 Å². The number of aryl methyl sites for hydroxylation is 1. The highest BCUT2D eigenvalue weighted by Gasteiger charge is 2.11. The second-order valence-electron chi connectivity index (χ2n) is 3.87. The summed E-state index contributed by atoms with van der Waals surface area (Å²) in [6.07, 6.45) is 2.99. The lowest BCUT2D eigenvalue weighted by atomic mass is 10.3. The van der Waals surface area contributed by atoms with Crippen molar-refractivity contribution in [2.45, 2.75) is 26.2 Å². The third kappa shape index (κ3) is 3.68. The van der Waals surface area contributed by atoms with Crippen LogP contribution in [-0.2, 0) is 6.42 Å². The molecule has 2 rings (SSSR count). The summed E-state index contributed by atoms with van der Waals surface area (Å²) in [4.78, 5) is 22.6. The molecule has 19 heavy (non-hydrogen) atoms. The first-order chi connectivity index (χ1) is 9.19. The van der Waals surface area contributed by atoms with Crippen LogP contribution >= 0.6 is 11.3 Å². The average molecular weight is 279 g/mol. The summed E-state index contributed by atoms with van der Waals surface area (Å²) in [5, 5.41) is 17.6. The Hall–Kier alpha value is -2.09. The minimum absolute atomic E-state index is 0.130. The minimum atomic E-state index is -0.422. The molecule has 0 spiro atoms. The Balaban J connectivity index is 2.00. The van der Waals surface area contributed by atoms with Crippen molar-refractivity contribution in [1.82, 2.24) is 20.4 Å². The number of hydrogen-bond acceptors (Lipinski definition) is 6. The van der Waals surface area contributed by atoms with Crippen LogP contribution in [0.25, 0.3) is 0 Å². The van der Waals surface area contributed by atoms with Gasteiger partial charge >= 0.3 is 0 Å². The van der Waals surface area contributed by atoms with E-state index < -0.39 is 5.91 Å². The van der Waals surface area contributed by atoms with Crippen LogP contribution in [-0.4, -0.2) is 26.3 Å². The van der Waals surface area contributed by atoms with Gasteiger partial charge in [-0.2, -0.15) is 5.10 Å². The van der Waals surface area contributed by atoms with E-state index in [4.69, 9.17) is 0 Å². The fourth-order valence-electron chi connectivity index (χ4n) is 1.37. The Morgan fingerprint density at radius 3 is 2.95 bits per heavy atom. The topological polar surface area (TPSA) is 101 Å². The zero-order chi connectivity index (χ0) is 13.7. The van der Waals surface area contributed by atoms with Crippen LogP contribution in [0.5, 0.6) is 0 Å². The molecule has 2 aromatic heterocycles. The number of rotatable bonds is 5. The van der Waals surface area contributed by atoms with Gasteiger partial charge in [-0.05, 0) is 12.5 Å². The molecule has 0 bridgehead atoms. The van der Waals surface area contributed by atoms with Crippen molar-refractivity contribution in [1.29, 1.82) is 0 Å².